The number of aryl methyl sites for hydroxylation is 1. The quantitative estimate of drug-likeness (QED) is 0.486. The van der Waals surface area contributed by atoms with Crippen LogP contribution in [0.15, 0.2) is 12.1 Å². The number of rotatable bonds is 5. The Balaban J connectivity index is 2.66. The number of nitro groups is 1. The van der Waals surface area contributed by atoms with Crippen LogP contribution in [-0.2, 0) is 11.2 Å². The summed E-state index contributed by atoms with van der Waals surface area (Å²) in [4.78, 5) is 23.9. The first kappa shape index (κ1) is 12.4. The fraction of sp³-hybridized carbons (Fsp3) is 0.333. The highest BCUT2D eigenvalue weighted by Crippen LogP contribution is 2.22. The van der Waals surface area contributed by atoms with E-state index in [0.717, 1.165) is 0 Å². The van der Waals surface area contributed by atoms with Crippen molar-refractivity contribution < 1.29 is 14.8 Å². The van der Waals surface area contributed by atoms with Crippen LogP contribution in [0.5, 0.6) is 0 Å². The summed E-state index contributed by atoms with van der Waals surface area (Å²) in [5.74, 6) is -0.881. The van der Waals surface area contributed by atoms with E-state index in [4.69, 9.17) is 16.7 Å². The predicted molar refractivity (Wildman–Crippen MR) is 56.5 cm³/mol. The molecule has 16 heavy (non-hydrogen) atoms. The lowest BCUT2D eigenvalue weighted by molar-refractivity contribution is -0.385. The largest absolute Gasteiger partial charge is 0.481 e. The van der Waals surface area contributed by atoms with E-state index < -0.39 is 10.9 Å². The number of carboxylic acid groups (broad SMARTS) is 1. The third-order valence-corrected chi connectivity index (χ3v) is 2.19. The first-order valence-electron chi connectivity index (χ1n) is 4.52. The third-order valence-electron chi connectivity index (χ3n) is 1.91. The van der Waals surface area contributed by atoms with Gasteiger partial charge in [0.15, 0.2) is 0 Å². The summed E-state index contributed by atoms with van der Waals surface area (Å²) in [7, 11) is 0. The molecule has 0 atom stereocenters. The van der Waals surface area contributed by atoms with Gasteiger partial charge >= 0.3 is 11.7 Å². The topological polar surface area (TPSA) is 93.3 Å². The molecule has 0 unspecified atom stereocenters. The molecule has 0 fully saturated rings. The molecule has 1 N–H and O–H groups in total. The fourth-order valence-corrected chi connectivity index (χ4v) is 1.40. The summed E-state index contributed by atoms with van der Waals surface area (Å²) in [5.41, 5.74) is 0.306. The Hall–Kier alpha value is -1.69. The van der Waals surface area contributed by atoms with Crippen molar-refractivity contribution in [2.75, 3.05) is 0 Å². The Morgan fingerprint density at radius 2 is 2.25 bits per heavy atom. The van der Waals surface area contributed by atoms with E-state index >= 15 is 0 Å². The number of halogens is 1. The predicted octanol–water partition coefficient (Wildman–Crippen LogP) is 2.05. The molecule has 7 heteroatoms. The standard InChI is InChI=1S/C9H9ClN2O4/c10-9-7(12(15)16)5-4-6(11-9)2-1-3-8(13)14/h4-5H,1-3H2,(H,13,14). The Labute approximate surface area is 96.0 Å². The first-order valence-corrected chi connectivity index (χ1v) is 4.90. The smallest absolute Gasteiger partial charge is 0.306 e. The summed E-state index contributed by atoms with van der Waals surface area (Å²) in [6.45, 7) is 0. The van der Waals surface area contributed by atoms with Crippen LogP contribution in [0, 0.1) is 10.1 Å². The van der Waals surface area contributed by atoms with Crippen LogP contribution in [0.2, 0.25) is 5.15 Å². The van der Waals surface area contributed by atoms with Gasteiger partial charge in [-0.25, -0.2) is 4.98 Å². The van der Waals surface area contributed by atoms with Crippen LogP contribution in [-0.4, -0.2) is 21.0 Å². The SMILES string of the molecule is O=C(O)CCCc1ccc([N+](=O)[O-])c(Cl)n1. The van der Waals surface area contributed by atoms with Crippen molar-refractivity contribution in [1.29, 1.82) is 0 Å². The van der Waals surface area contributed by atoms with E-state index in [9.17, 15) is 14.9 Å². The summed E-state index contributed by atoms with van der Waals surface area (Å²) >= 11 is 5.60. The van der Waals surface area contributed by atoms with Gasteiger partial charge in [-0.05, 0) is 18.9 Å². The molecule has 1 rings (SSSR count). The highest BCUT2D eigenvalue weighted by atomic mass is 35.5. The van der Waals surface area contributed by atoms with Crippen LogP contribution < -0.4 is 0 Å². The van der Waals surface area contributed by atoms with E-state index in [1.807, 2.05) is 0 Å². The Bertz CT molecular complexity index is 422. The van der Waals surface area contributed by atoms with E-state index in [1.54, 1.807) is 0 Å². The maximum atomic E-state index is 10.4. The van der Waals surface area contributed by atoms with Crippen molar-refractivity contribution in [3.8, 4) is 0 Å². The highest BCUT2D eigenvalue weighted by molar-refractivity contribution is 6.31. The van der Waals surface area contributed by atoms with Crippen LogP contribution in [0.3, 0.4) is 0 Å². The monoisotopic (exact) mass is 244 g/mol. The molecule has 0 radical (unpaired) electrons. The zero-order valence-corrected chi connectivity index (χ0v) is 8.98. The van der Waals surface area contributed by atoms with Crippen LogP contribution in [0.1, 0.15) is 18.5 Å². The zero-order valence-electron chi connectivity index (χ0n) is 8.22. The van der Waals surface area contributed by atoms with Crippen LogP contribution >= 0.6 is 11.6 Å². The molecule has 0 bridgehead atoms. The van der Waals surface area contributed by atoms with E-state index in [1.165, 1.54) is 12.1 Å². The molecular formula is C9H9ClN2O4. The fourth-order valence-electron chi connectivity index (χ4n) is 1.16. The van der Waals surface area contributed by atoms with Gasteiger partial charge in [0.1, 0.15) is 0 Å². The minimum atomic E-state index is -0.881. The summed E-state index contributed by atoms with van der Waals surface area (Å²) < 4.78 is 0. The maximum absolute atomic E-state index is 10.4. The third kappa shape index (κ3) is 3.47. The van der Waals surface area contributed by atoms with E-state index in [0.29, 0.717) is 18.5 Å². The lowest BCUT2D eigenvalue weighted by Gasteiger charge is -2.00. The average Bonchev–Trinajstić information content (AvgIpc) is 2.16. The van der Waals surface area contributed by atoms with Crippen LogP contribution in [0.4, 0.5) is 5.69 Å². The lowest BCUT2D eigenvalue weighted by atomic mass is 10.2. The Morgan fingerprint density at radius 3 is 2.75 bits per heavy atom. The van der Waals surface area contributed by atoms with Crippen molar-refractivity contribution in [2.45, 2.75) is 19.3 Å². The van der Waals surface area contributed by atoms with Gasteiger partial charge in [0, 0.05) is 18.2 Å². The van der Waals surface area contributed by atoms with Gasteiger partial charge in [-0.1, -0.05) is 11.6 Å². The van der Waals surface area contributed by atoms with Gasteiger partial charge in [-0.3, -0.25) is 14.9 Å². The Kier molecular flexibility index (Phi) is 4.19. The zero-order chi connectivity index (χ0) is 12.1. The van der Waals surface area contributed by atoms with Crippen molar-refractivity contribution in [3.05, 3.63) is 33.1 Å². The summed E-state index contributed by atoms with van der Waals surface area (Å²) in [6.07, 6.45) is 0.900. The number of pyridine rings is 1. The van der Waals surface area contributed by atoms with Gasteiger partial charge in [-0.15, -0.1) is 0 Å². The maximum Gasteiger partial charge on any atom is 0.306 e. The van der Waals surface area contributed by atoms with Gasteiger partial charge in [0.25, 0.3) is 0 Å². The highest BCUT2D eigenvalue weighted by Gasteiger charge is 2.13. The van der Waals surface area contributed by atoms with Crippen LogP contribution in [0.25, 0.3) is 0 Å². The number of carbonyl (C=O) groups is 1. The number of aromatic nitrogens is 1. The normalized spacial score (nSPS) is 10.1. The number of nitrogens with zero attached hydrogens (tertiary/aromatic N) is 2. The second kappa shape index (κ2) is 5.41. The van der Waals surface area contributed by atoms with Gasteiger partial charge in [-0.2, -0.15) is 0 Å². The molecule has 0 aromatic carbocycles. The molecule has 0 aliphatic heterocycles. The molecule has 86 valence electrons. The lowest BCUT2D eigenvalue weighted by Crippen LogP contribution is -1.99. The first-order chi connectivity index (χ1) is 7.50. The summed E-state index contributed by atoms with van der Waals surface area (Å²) in [5, 5.41) is 18.7. The minimum Gasteiger partial charge on any atom is -0.481 e. The van der Waals surface area contributed by atoms with Crippen molar-refractivity contribution in [2.24, 2.45) is 0 Å². The minimum absolute atomic E-state index is 0.0380. The molecule has 0 saturated heterocycles. The number of carboxylic acids is 1. The second-order valence-electron chi connectivity index (χ2n) is 3.12. The van der Waals surface area contributed by atoms with Gasteiger partial charge in [0.05, 0.1) is 4.92 Å². The van der Waals surface area contributed by atoms with Crippen molar-refractivity contribution >= 4 is 23.3 Å². The molecule has 6 nitrogen and oxygen atoms in total. The second-order valence-corrected chi connectivity index (χ2v) is 3.47. The molecule has 0 saturated carbocycles. The number of hydrogen-bond donors (Lipinski definition) is 1. The van der Waals surface area contributed by atoms with Gasteiger partial charge < -0.3 is 5.11 Å². The molecular weight excluding hydrogens is 236 g/mol. The number of aliphatic carboxylic acids is 1. The van der Waals surface area contributed by atoms with Crippen molar-refractivity contribution in [3.63, 3.8) is 0 Å². The molecule has 1 heterocycles. The molecule has 0 aliphatic rings. The summed E-state index contributed by atoms with van der Waals surface area (Å²) in [6, 6.07) is 2.75. The molecule has 1 aromatic rings. The molecule has 0 spiro atoms. The number of hydrogen-bond acceptors (Lipinski definition) is 4. The van der Waals surface area contributed by atoms with Crippen molar-refractivity contribution in [1.82, 2.24) is 4.98 Å². The molecule has 0 aliphatic carbocycles. The molecule has 1 aromatic heterocycles. The average molecular weight is 245 g/mol. The Morgan fingerprint density at radius 1 is 1.56 bits per heavy atom. The van der Waals surface area contributed by atoms with Gasteiger partial charge in [0.2, 0.25) is 5.15 Å². The van der Waals surface area contributed by atoms with E-state index in [-0.39, 0.29) is 17.3 Å². The molecule has 0 amide bonds. The van der Waals surface area contributed by atoms with E-state index in [2.05, 4.69) is 4.98 Å².